The molecule has 3 aromatic carbocycles. The summed E-state index contributed by atoms with van der Waals surface area (Å²) in [7, 11) is 1.57. The number of hydrogen-bond acceptors (Lipinski definition) is 5. The number of benzene rings is 3. The van der Waals surface area contributed by atoms with Gasteiger partial charge < -0.3 is 10.1 Å². The average Bonchev–Trinajstić information content (AvgIpc) is 2.83. The number of fused-ring (bicyclic) bond motifs is 1. The van der Waals surface area contributed by atoms with Crippen molar-refractivity contribution in [1.82, 2.24) is 14.9 Å². The van der Waals surface area contributed by atoms with Crippen molar-refractivity contribution in [2.45, 2.75) is 18.5 Å². The van der Waals surface area contributed by atoms with E-state index in [1.54, 1.807) is 19.2 Å². The highest BCUT2D eigenvalue weighted by atomic mass is 32.2. The summed E-state index contributed by atoms with van der Waals surface area (Å²) >= 11 is 1.23. The monoisotopic (exact) mass is 459 g/mol. The third-order valence-electron chi connectivity index (χ3n) is 5.23. The maximum absolute atomic E-state index is 13.5. The van der Waals surface area contributed by atoms with Crippen molar-refractivity contribution in [2.75, 3.05) is 19.4 Å². The van der Waals surface area contributed by atoms with Crippen molar-refractivity contribution < 1.29 is 9.53 Å². The lowest BCUT2D eigenvalue weighted by molar-refractivity contribution is -0.118. The summed E-state index contributed by atoms with van der Waals surface area (Å²) in [4.78, 5) is 30.7. The van der Waals surface area contributed by atoms with Crippen molar-refractivity contribution in [2.24, 2.45) is 0 Å². The Morgan fingerprint density at radius 1 is 1.06 bits per heavy atom. The highest BCUT2D eigenvalue weighted by Gasteiger charge is 2.17. The lowest BCUT2D eigenvalue weighted by atomic mass is 10.1. The number of ether oxygens (including phenoxy) is 1. The number of para-hydroxylation sites is 1. The molecule has 0 aliphatic rings. The maximum atomic E-state index is 13.5. The smallest absolute Gasteiger partial charge is 0.266 e. The summed E-state index contributed by atoms with van der Waals surface area (Å²) in [6.45, 7) is 2.50. The van der Waals surface area contributed by atoms with Gasteiger partial charge in [0.25, 0.3) is 5.56 Å². The predicted molar refractivity (Wildman–Crippen MR) is 133 cm³/mol. The number of nitrogens with zero attached hydrogens (tertiary/aromatic N) is 2. The van der Waals surface area contributed by atoms with Gasteiger partial charge in [0, 0.05) is 6.54 Å². The van der Waals surface area contributed by atoms with Crippen LogP contribution >= 0.6 is 11.8 Å². The minimum atomic E-state index is -0.198. The summed E-state index contributed by atoms with van der Waals surface area (Å²) in [5, 5.41) is 3.90. The molecule has 0 unspecified atom stereocenters. The molecule has 0 spiro atoms. The first-order valence-electron chi connectivity index (χ1n) is 10.7. The Labute approximate surface area is 196 Å². The molecule has 0 atom stereocenters. The molecule has 1 N–H and O–H groups in total. The highest BCUT2D eigenvalue weighted by molar-refractivity contribution is 7.99. The molecule has 33 heavy (non-hydrogen) atoms. The van der Waals surface area contributed by atoms with E-state index in [1.165, 1.54) is 21.9 Å². The van der Waals surface area contributed by atoms with E-state index < -0.39 is 0 Å². The van der Waals surface area contributed by atoms with Crippen molar-refractivity contribution in [1.29, 1.82) is 0 Å². The van der Waals surface area contributed by atoms with E-state index in [9.17, 15) is 9.59 Å². The average molecular weight is 460 g/mol. The summed E-state index contributed by atoms with van der Waals surface area (Å²) in [5.41, 5.74) is 3.16. The molecular formula is C26H25N3O3S. The Morgan fingerprint density at radius 3 is 2.61 bits per heavy atom. The summed E-state index contributed by atoms with van der Waals surface area (Å²) in [6, 6.07) is 22.9. The van der Waals surface area contributed by atoms with E-state index in [-0.39, 0.29) is 17.2 Å². The fraction of sp³-hybridized carbons (Fsp3) is 0.192. The fourth-order valence-corrected chi connectivity index (χ4v) is 4.40. The Bertz CT molecular complexity index is 1340. The lowest BCUT2D eigenvalue weighted by Gasteiger charge is -2.16. The predicted octanol–water partition coefficient (Wildman–Crippen LogP) is 4.15. The molecule has 0 saturated heterocycles. The minimum absolute atomic E-state index is 0.110. The molecule has 0 aliphatic heterocycles. The molecule has 7 heteroatoms. The van der Waals surface area contributed by atoms with E-state index in [0.29, 0.717) is 34.0 Å². The number of nitrogens with one attached hydrogen (secondary N) is 1. The molecule has 1 aromatic heterocycles. The second kappa shape index (κ2) is 10.4. The molecule has 1 heterocycles. The molecular weight excluding hydrogens is 434 g/mol. The molecule has 0 saturated carbocycles. The molecule has 1 amide bonds. The first-order valence-corrected chi connectivity index (χ1v) is 11.7. The van der Waals surface area contributed by atoms with Gasteiger partial charge >= 0.3 is 0 Å². The first-order chi connectivity index (χ1) is 16.1. The number of carbonyl (C=O) groups is 1. The third-order valence-corrected chi connectivity index (χ3v) is 6.17. The zero-order chi connectivity index (χ0) is 23.2. The van der Waals surface area contributed by atoms with Crippen LogP contribution in [0.15, 0.2) is 82.7 Å². The van der Waals surface area contributed by atoms with Gasteiger partial charge in [0.1, 0.15) is 5.75 Å². The van der Waals surface area contributed by atoms with Crippen LogP contribution < -0.4 is 15.6 Å². The Morgan fingerprint density at radius 2 is 1.82 bits per heavy atom. The van der Waals surface area contributed by atoms with Gasteiger partial charge in [0.05, 0.1) is 29.5 Å². The van der Waals surface area contributed by atoms with Crippen LogP contribution in [0.2, 0.25) is 0 Å². The number of methoxy groups -OCH3 is 1. The van der Waals surface area contributed by atoms with Crippen LogP contribution in [-0.4, -0.2) is 34.9 Å². The maximum Gasteiger partial charge on any atom is 0.266 e. The van der Waals surface area contributed by atoms with Gasteiger partial charge in [-0.2, -0.15) is 0 Å². The van der Waals surface area contributed by atoms with Crippen LogP contribution in [-0.2, 0) is 11.2 Å². The number of rotatable bonds is 8. The second-order valence-corrected chi connectivity index (χ2v) is 8.54. The molecule has 0 bridgehead atoms. The largest absolute Gasteiger partial charge is 0.495 e. The van der Waals surface area contributed by atoms with E-state index >= 15 is 0 Å². The molecule has 0 aliphatic carbocycles. The molecule has 6 nitrogen and oxygen atoms in total. The summed E-state index contributed by atoms with van der Waals surface area (Å²) in [5.74, 6) is 0.600. The van der Waals surface area contributed by atoms with Gasteiger partial charge in [-0.3, -0.25) is 14.2 Å². The van der Waals surface area contributed by atoms with Gasteiger partial charge in [-0.1, -0.05) is 60.3 Å². The van der Waals surface area contributed by atoms with Crippen LogP contribution in [0.5, 0.6) is 5.75 Å². The number of carbonyl (C=O) groups excluding carboxylic acids is 1. The van der Waals surface area contributed by atoms with Crippen LogP contribution in [0.4, 0.5) is 0 Å². The van der Waals surface area contributed by atoms with E-state index in [2.05, 4.69) is 5.32 Å². The Hall–Kier alpha value is -3.58. The van der Waals surface area contributed by atoms with Gasteiger partial charge in [0.15, 0.2) is 5.16 Å². The van der Waals surface area contributed by atoms with Gasteiger partial charge in [-0.05, 0) is 48.7 Å². The van der Waals surface area contributed by atoms with Gasteiger partial charge in [0.2, 0.25) is 5.91 Å². The standard InChI is InChI=1S/C26H25N3O3S/c1-18-12-13-23(32-2)22(16-18)29-25(31)20-10-6-7-11-21(20)28-26(29)33-17-24(30)27-15-14-19-8-4-3-5-9-19/h3-13,16H,14-15,17H2,1-2H3,(H,27,30). The van der Waals surface area contributed by atoms with E-state index in [0.717, 1.165) is 12.0 Å². The quantitative estimate of drug-likeness (QED) is 0.317. The van der Waals surface area contributed by atoms with Crippen molar-refractivity contribution in [3.8, 4) is 11.4 Å². The molecule has 0 radical (unpaired) electrons. The SMILES string of the molecule is COc1ccc(C)cc1-n1c(SCC(=O)NCCc2ccccc2)nc2ccccc2c1=O. The Kier molecular flexibility index (Phi) is 7.10. The van der Waals surface area contributed by atoms with Crippen LogP contribution in [0.3, 0.4) is 0 Å². The minimum Gasteiger partial charge on any atom is -0.495 e. The number of amides is 1. The van der Waals surface area contributed by atoms with E-state index in [4.69, 9.17) is 9.72 Å². The Balaban J connectivity index is 1.60. The summed E-state index contributed by atoms with van der Waals surface area (Å²) < 4.78 is 7.06. The van der Waals surface area contributed by atoms with E-state index in [1.807, 2.05) is 67.6 Å². The molecule has 4 aromatic rings. The zero-order valence-corrected chi connectivity index (χ0v) is 19.4. The normalized spacial score (nSPS) is 10.8. The number of hydrogen-bond donors (Lipinski definition) is 1. The van der Waals surface area contributed by atoms with Crippen LogP contribution in [0.1, 0.15) is 11.1 Å². The fourth-order valence-electron chi connectivity index (χ4n) is 3.57. The number of aromatic nitrogens is 2. The number of aryl methyl sites for hydroxylation is 1. The topological polar surface area (TPSA) is 73.2 Å². The lowest BCUT2D eigenvalue weighted by Crippen LogP contribution is -2.28. The number of thioether (sulfide) groups is 1. The molecule has 0 fully saturated rings. The van der Waals surface area contributed by atoms with Gasteiger partial charge in [-0.15, -0.1) is 0 Å². The van der Waals surface area contributed by atoms with Crippen LogP contribution in [0.25, 0.3) is 16.6 Å². The van der Waals surface area contributed by atoms with Crippen molar-refractivity contribution in [3.05, 3.63) is 94.3 Å². The van der Waals surface area contributed by atoms with Crippen molar-refractivity contribution >= 4 is 28.6 Å². The third kappa shape index (κ3) is 5.26. The zero-order valence-electron chi connectivity index (χ0n) is 18.6. The highest BCUT2D eigenvalue weighted by Crippen LogP contribution is 2.28. The molecule has 168 valence electrons. The van der Waals surface area contributed by atoms with Gasteiger partial charge in [-0.25, -0.2) is 4.98 Å². The van der Waals surface area contributed by atoms with Crippen molar-refractivity contribution in [3.63, 3.8) is 0 Å². The van der Waals surface area contributed by atoms with Crippen LogP contribution in [0, 0.1) is 6.92 Å². The summed E-state index contributed by atoms with van der Waals surface area (Å²) in [6.07, 6.45) is 0.761. The second-order valence-electron chi connectivity index (χ2n) is 7.60. The first kappa shape index (κ1) is 22.6. The molecule has 4 rings (SSSR count).